The van der Waals surface area contributed by atoms with Crippen molar-refractivity contribution in [2.45, 2.75) is 45.2 Å². The van der Waals surface area contributed by atoms with Gasteiger partial charge >= 0.3 is 0 Å². The van der Waals surface area contributed by atoms with E-state index in [4.69, 9.17) is 11.6 Å². The van der Waals surface area contributed by atoms with Gasteiger partial charge in [0.05, 0.1) is 13.1 Å². The van der Waals surface area contributed by atoms with Crippen molar-refractivity contribution in [2.24, 2.45) is 0 Å². The van der Waals surface area contributed by atoms with Crippen LogP contribution in [0.1, 0.15) is 37.1 Å². The van der Waals surface area contributed by atoms with Gasteiger partial charge < -0.3 is 9.80 Å². The van der Waals surface area contributed by atoms with Crippen molar-refractivity contribution >= 4 is 34.8 Å². The molecule has 0 aliphatic rings. The molecule has 2 aromatic rings. The van der Waals surface area contributed by atoms with E-state index in [9.17, 15) is 9.59 Å². The molecule has 0 fully saturated rings. The van der Waals surface area contributed by atoms with E-state index in [2.05, 4.69) is 6.92 Å². The number of halogens is 1. The molecule has 0 N–H and O–H groups in total. The van der Waals surface area contributed by atoms with E-state index in [-0.39, 0.29) is 18.4 Å². The van der Waals surface area contributed by atoms with E-state index >= 15 is 0 Å². The fourth-order valence-electron chi connectivity index (χ4n) is 2.76. The van der Waals surface area contributed by atoms with Gasteiger partial charge in [0.25, 0.3) is 0 Å². The van der Waals surface area contributed by atoms with E-state index in [1.54, 1.807) is 23.2 Å². The summed E-state index contributed by atoms with van der Waals surface area (Å²) in [4.78, 5) is 30.0. The number of hydrogen-bond donors (Lipinski definition) is 0. The number of unbranched alkanes of at least 4 members (excludes halogenated alkanes) is 1. The molecule has 6 heteroatoms. The molecule has 1 aromatic heterocycles. The van der Waals surface area contributed by atoms with Crippen molar-refractivity contribution in [1.82, 2.24) is 9.80 Å². The summed E-state index contributed by atoms with van der Waals surface area (Å²) in [6.45, 7) is 5.39. The molecule has 0 saturated heterocycles. The van der Waals surface area contributed by atoms with Gasteiger partial charge in [-0.05, 0) is 30.4 Å². The van der Waals surface area contributed by atoms with Crippen molar-refractivity contribution in [1.29, 1.82) is 0 Å². The molecule has 1 atom stereocenters. The Bertz CT molecular complexity index is 704. The smallest absolute Gasteiger partial charge is 0.242 e. The first-order valence-electron chi connectivity index (χ1n) is 9.28. The molecule has 0 aliphatic carbocycles. The summed E-state index contributed by atoms with van der Waals surface area (Å²) in [7, 11) is 0. The van der Waals surface area contributed by atoms with Crippen LogP contribution in [0.4, 0.5) is 0 Å². The number of carbonyl (C=O) groups is 2. The van der Waals surface area contributed by atoms with Crippen molar-refractivity contribution in [2.75, 3.05) is 13.1 Å². The van der Waals surface area contributed by atoms with E-state index < -0.39 is 5.38 Å². The number of nitrogens with zero attached hydrogens (tertiary/aromatic N) is 2. The van der Waals surface area contributed by atoms with Gasteiger partial charge in [0.2, 0.25) is 11.8 Å². The lowest BCUT2D eigenvalue weighted by Crippen LogP contribution is -2.44. The van der Waals surface area contributed by atoms with E-state index in [0.717, 1.165) is 23.3 Å². The summed E-state index contributed by atoms with van der Waals surface area (Å²) in [5, 5.41) is 1.38. The molecule has 2 amide bonds. The third-order valence-electron chi connectivity index (χ3n) is 4.26. The highest BCUT2D eigenvalue weighted by atomic mass is 35.5. The van der Waals surface area contributed by atoms with Crippen LogP contribution in [0.25, 0.3) is 0 Å². The number of alkyl halides is 1. The van der Waals surface area contributed by atoms with Crippen LogP contribution in [0.3, 0.4) is 0 Å². The lowest BCUT2D eigenvalue weighted by atomic mass is 10.2. The predicted molar refractivity (Wildman–Crippen MR) is 112 cm³/mol. The summed E-state index contributed by atoms with van der Waals surface area (Å²) < 4.78 is 0. The Morgan fingerprint density at radius 2 is 1.81 bits per heavy atom. The lowest BCUT2D eigenvalue weighted by molar-refractivity contribution is -0.141. The van der Waals surface area contributed by atoms with Crippen LogP contribution >= 0.6 is 22.9 Å². The minimum atomic E-state index is -0.630. The topological polar surface area (TPSA) is 40.6 Å². The van der Waals surface area contributed by atoms with E-state index in [1.165, 1.54) is 0 Å². The molecule has 1 aromatic carbocycles. The minimum absolute atomic E-state index is 0.0611. The van der Waals surface area contributed by atoms with Gasteiger partial charge in [-0.1, -0.05) is 49.7 Å². The van der Waals surface area contributed by atoms with Gasteiger partial charge in [0.15, 0.2) is 0 Å². The molecular weight excluding hydrogens is 380 g/mol. The monoisotopic (exact) mass is 406 g/mol. The average molecular weight is 407 g/mol. The maximum absolute atomic E-state index is 13.1. The number of rotatable bonds is 10. The van der Waals surface area contributed by atoms with Crippen molar-refractivity contribution in [3.05, 3.63) is 58.3 Å². The molecule has 2 rings (SSSR count). The second-order valence-corrected chi connectivity index (χ2v) is 8.23. The molecule has 4 nitrogen and oxygen atoms in total. The zero-order chi connectivity index (χ0) is 19.6. The second kappa shape index (κ2) is 11.1. The van der Waals surface area contributed by atoms with Crippen molar-refractivity contribution in [3.63, 3.8) is 0 Å². The quantitative estimate of drug-likeness (QED) is 0.544. The molecule has 0 radical (unpaired) electrons. The molecule has 146 valence electrons. The summed E-state index contributed by atoms with van der Waals surface area (Å²) in [5.74, 6) is -0.247. The molecule has 0 saturated carbocycles. The van der Waals surface area contributed by atoms with Crippen LogP contribution in [0.2, 0.25) is 0 Å². The van der Waals surface area contributed by atoms with Crippen LogP contribution < -0.4 is 0 Å². The van der Waals surface area contributed by atoms with Crippen LogP contribution in [0.5, 0.6) is 0 Å². The highest BCUT2D eigenvalue weighted by Crippen LogP contribution is 2.16. The maximum Gasteiger partial charge on any atom is 0.242 e. The van der Waals surface area contributed by atoms with Gasteiger partial charge in [0, 0.05) is 18.0 Å². The third kappa shape index (κ3) is 7.00. The Morgan fingerprint density at radius 3 is 2.41 bits per heavy atom. The summed E-state index contributed by atoms with van der Waals surface area (Å²) in [6.07, 6.45) is 1.81. The normalized spacial score (nSPS) is 11.8. The van der Waals surface area contributed by atoms with Gasteiger partial charge in [-0.3, -0.25) is 9.59 Å². The van der Waals surface area contributed by atoms with E-state index in [0.29, 0.717) is 19.6 Å². The summed E-state index contributed by atoms with van der Waals surface area (Å²) in [6, 6.07) is 13.9. The number of amides is 2. The molecule has 0 aliphatic heterocycles. The average Bonchev–Trinajstić information content (AvgIpc) is 3.17. The zero-order valence-corrected chi connectivity index (χ0v) is 17.5. The lowest BCUT2D eigenvalue weighted by Gasteiger charge is -2.28. The Kier molecular flexibility index (Phi) is 8.82. The number of carbonyl (C=O) groups excluding carboxylic acids is 2. The first-order valence-corrected chi connectivity index (χ1v) is 10.6. The standard InChI is InChI=1S/C21H27ClN2O2S/c1-3-4-12-23(21(26)17(2)22)16-20(25)24(15-19-11-8-13-27-19)14-18-9-6-5-7-10-18/h5-11,13,17H,3-4,12,14-16H2,1-2H3/t17-/m0/s1. The zero-order valence-electron chi connectivity index (χ0n) is 15.9. The highest BCUT2D eigenvalue weighted by molar-refractivity contribution is 7.09. The van der Waals surface area contributed by atoms with Crippen molar-refractivity contribution in [3.8, 4) is 0 Å². The van der Waals surface area contributed by atoms with Gasteiger partial charge in [-0.15, -0.1) is 22.9 Å². The number of benzene rings is 1. The molecule has 1 heterocycles. The Morgan fingerprint density at radius 1 is 1.07 bits per heavy atom. The first kappa shape index (κ1) is 21.5. The second-order valence-electron chi connectivity index (χ2n) is 6.54. The first-order chi connectivity index (χ1) is 13.0. The van der Waals surface area contributed by atoms with Crippen LogP contribution in [-0.2, 0) is 22.7 Å². The highest BCUT2D eigenvalue weighted by Gasteiger charge is 2.24. The number of thiophene rings is 1. The fraction of sp³-hybridized carbons (Fsp3) is 0.429. The van der Waals surface area contributed by atoms with Crippen LogP contribution in [0, 0.1) is 0 Å². The Balaban J connectivity index is 2.13. The third-order valence-corrected chi connectivity index (χ3v) is 5.30. The van der Waals surface area contributed by atoms with Crippen molar-refractivity contribution < 1.29 is 9.59 Å². The number of hydrogen-bond acceptors (Lipinski definition) is 3. The van der Waals surface area contributed by atoms with Crippen LogP contribution in [-0.4, -0.2) is 40.1 Å². The van der Waals surface area contributed by atoms with Gasteiger partial charge in [-0.25, -0.2) is 0 Å². The SMILES string of the molecule is CCCCN(CC(=O)N(Cc1ccccc1)Cc1cccs1)C(=O)[C@H](C)Cl. The Labute approximate surface area is 170 Å². The summed E-state index contributed by atoms with van der Waals surface area (Å²) >= 11 is 7.62. The largest absolute Gasteiger partial charge is 0.332 e. The summed E-state index contributed by atoms with van der Waals surface area (Å²) in [5.41, 5.74) is 1.07. The molecular formula is C21H27ClN2O2S. The minimum Gasteiger partial charge on any atom is -0.332 e. The fourth-order valence-corrected chi connectivity index (χ4v) is 3.62. The van der Waals surface area contributed by atoms with Gasteiger partial charge in [-0.2, -0.15) is 0 Å². The van der Waals surface area contributed by atoms with E-state index in [1.807, 2.05) is 52.7 Å². The Hall–Kier alpha value is -1.85. The maximum atomic E-state index is 13.1. The van der Waals surface area contributed by atoms with Gasteiger partial charge in [0.1, 0.15) is 5.38 Å². The molecule has 27 heavy (non-hydrogen) atoms. The molecule has 0 bridgehead atoms. The predicted octanol–water partition coefficient (Wildman–Crippen LogP) is 4.53. The van der Waals surface area contributed by atoms with Crippen LogP contribution in [0.15, 0.2) is 47.8 Å². The molecule has 0 spiro atoms. The molecule has 0 unspecified atom stereocenters.